The van der Waals surface area contributed by atoms with Crippen LogP contribution >= 0.6 is 0 Å². The Morgan fingerprint density at radius 1 is 1.08 bits per heavy atom. The molecule has 2 heteroatoms. The van der Waals surface area contributed by atoms with Crippen molar-refractivity contribution < 1.29 is 9.47 Å². The Hall–Kier alpha value is -0.340. The first-order chi connectivity index (χ1) is 5.83. The van der Waals surface area contributed by atoms with Crippen molar-refractivity contribution in [1.82, 2.24) is 0 Å². The second-order valence-corrected chi connectivity index (χ2v) is 4.13. The van der Waals surface area contributed by atoms with Crippen LogP contribution in [0.4, 0.5) is 0 Å². The highest BCUT2D eigenvalue weighted by Crippen LogP contribution is 2.68. The zero-order valence-electron chi connectivity index (χ0n) is 7.49. The fourth-order valence-electron chi connectivity index (χ4n) is 3.30. The summed E-state index contributed by atoms with van der Waals surface area (Å²) < 4.78 is 11.1. The third-order valence-electron chi connectivity index (χ3n) is 3.91. The highest BCUT2D eigenvalue weighted by Gasteiger charge is 2.69. The summed E-state index contributed by atoms with van der Waals surface area (Å²) in [5.74, 6) is 2.50. The first kappa shape index (κ1) is 7.10. The molecule has 0 heterocycles. The summed E-state index contributed by atoms with van der Waals surface area (Å²) >= 11 is 0. The Morgan fingerprint density at radius 3 is 1.92 bits per heavy atom. The minimum Gasteiger partial charge on any atom is -0.352 e. The fourth-order valence-corrected chi connectivity index (χ4v) is 3.30. The maximum Gasteiger partial charge on any atom is 0.180 e. The third kappa shape index (κ3) is 0.539. The molecule has 2 bridgehead atoms. The van der Waals surface area contributed by atoms with Gasteiger partial charge < -0.3 is 9.47 Å². The molecule has 0 aromatic carbocycles. The summed E-state index contributed by atoms with van der Waals surface area (Å²) in [4.78, 5) is 0. The summed E-state index contributed by atoms with van der Waals surface area (Å²) in [6.45, 7) is 0. The molecule has 0 aliphatic heterocycles. The van der Waals surface area contributed by atoms with E-state index in [1.807, 2.05) is 0 Å². The number of fused-ring (bicyclic) bond motifs is 5. The number of hydrogen-bond donors (Lipinski definition) is 0. The Labute approximate surface area is 72.5 Å². The molecule has 0 N–H and O–H groups in total. The summed E-state index contributed by atoms with van der Waals surface area (Å²) in [5.41, 5.74) is 0. The molecule has 4 atom stereocenters. The molecule has 12 heavy (non-hydrogen) atoms. The van der Waals surface area contributed by atoms with Crippen molar-refractivity contribution in [2.24, 2.45) is 23.7 Å². The normalized spacial score (nSPS) is 51.2. The zero-order chi connectivity index (χ0) is 8.34. The van der Waals surface area contributed by atoms with Crippen LogP contribution < -0.4 is 0 Å². The van der Waals surface area contributed by atoms with Gasteiger partial charge in [0.25, 0.3) is 0 Å². The lowest BCUT2D eigenvalue weighted by atomic mass is 9.97. The van der Waals surface area contributed by atoms with E-state index >= 15 is 0 Å². The van der Waals surface area contributed by atoms with Gasteiger partial charge in [-0.1, -0.05) is 12.2 Å². The average Bonchev–Trinajstić information content (AvgIpc) is 2.79. The van der Waals surface area contributed by atoms with Crippen LogP contribution in [0.3, 0.4) is 0 Å². The number of hydrogen-bond acceptors (Lipinski definition) is 2. The molecule has 0 spiro atoms. The van der Waals surface area contributed by atoms with E-state index in [4.69, 9.17) is 9.47 Å². The fraction of sp³-hybridized carbons (Fsp3) is 0.800. The summed E-state index contributed by atoms with van der Waals surface area (Å²) in [6, 6.07) is 0. The molecule has 0 unspecified atom stereocenters. The highest BCUT2D eigenvalue weighted by atomic mass is 16.7. The number of methoxy groups -OCH3 is 2. The summed E-state index contributed by atoms with van der Waals surface area (Å²) in [7, 11) is 3.53. The quantitative estimate of drug-likeness (QED) is 0.456. The van der Waals surface area contributed by atoms with Crippen LogP contribution in [0.2, 0.25) is 0 Å². The minimum absolute atomic E-state index is 0.284. The molecule has 2 fully saturated rings. The van der Waals surface area contributed by atoms with Gasteiger partial charge in [0.2, 0.25) is 0 Å². The average molecular weight is 166 g/mol. The maximum atomic E-state index is 5.55. The Bertz CT molecular complexity index is 222. The minimum atomic E-state index is -0.284. The molecule has 0 saturated heterocycles. The van der Waals surface area contributed by atoms with Gasteiger partial charge in [-0.15, -0.1) is 0 Å². The molecule has 0 radical (unpaired) electrons. The summed E-state index contributed by atoms with van der Waals surface area (Å²) in [5, 5.41) is 0. The summed E-state index contributed by atoms with van der Waals surface area (Å²) in [6.07, 6.45) is 5.95. The Morgan fingerprint density at radius 2 is 1.58 bits per heavy atom. The van der Waals surface area contributed by atoms with E-state index in [1.54, 1.807) is 14.2 Å². The lowest BCUT2D eigenvalue weighted by molar-refractivity contribution is -0.238. The van der Waals surface area contributed by atoms with Crippen molar-refractivity contribution >= 4 is 0 Å². The third-order valence-corrected chi connectivity index (χ3v) is 3.91. The molecule has 3 aliphatic rings. The predicted molar refractivity (Wildman–Crippen MR) is 44.5 cm³/mol. The molecule has 2 saturated carbocycles. The van der Waals surface area contributed by atoms with Gasteiger partial charge >= 0.3 is 0 Å². The second kappa shape index (κ2) is 1.94. The van der Waals surface area contributed by atoms with E-state index in [0.29, 0.717) is 11.8 Å². The van der Waals surface area contributed by atoms with Gasteiger partial charge in [0.1, 0.15) is 0 Å². The molecule has 2 nitrogen and oxygen atoms in total. The smallest absolute Gasteiger partial charge is 0.180 e. The van der Waals surface area contributed by atoms with Gasteiger partial charge in [0.05, 0.1) is 0 Å². The monoisotopic (exact) mass is 166 g/mol. The Balaban J connectivity index is 2.00. The van der Waals surface area contributed by atoms with Crippen molar-refractivity contribution in [3.8, 4) is 0 Å². The van der Waals surface area contributed by atoms with E-state index in [1.165, 1.54) is 6.42 Å². The van der Waals surface area contributed by atoms with Crippen molar-refractivity contribution in [3.63, 3.8) is 0 Å². The number of rotatable bonds is 2. The Kier molecular flexibility index (Phi) is 1.15. The van der Waals surface area contributed by atoms with Crippen LogP contribution in [0.1, 0.15) is 6.42 Å². The van der Waals surface area contributed by atoms with E-state index in [-0.39, 0.29) is 5.79 Å². The topological polar surface area (TPSA) is 18.5 Å². The molecule has 0 aromatic heterocycles. The van der Waals surface area contributed by atoms with Crippen LogP contribution in [0.25, 0.3) is 0 Å². The van der Waals surface area contributed by atoms with Gasteiger partial charge in [0, 0.05) is 26.1 Å². The van der Waals surface area contributed by atoms with Crippen LogP contribution in [0, 0.1) is 23.7 Å². The van der Waals surface area contributed by atoms with Crippen LogP contribution in [-0.2, 0) is 9.47 Å². The molecule has 3 aliphatic carbocycles. The lowest BCUT2D eigenvalue weighted by Crippen LogP contribution is -2.41. The van der Waals surface area contributed by atoms with Crippen LogP contribution in [-0.4, -0.2) is 20.0 Å². The van der Waals surface area contributed by atoms with Crippen LogP contribution in [0.15, 0.2) is 12.2 Å². The van der Waals surface area contributed by atoms with E-state index < -0.39 is 0 Å². The van der Waals surface area contributed by atoms with Gasteiger partial charge in [-0.2, -0.15) is 0 Å². The van der Waals surface area contributed by atoms with Gasteiger partial charge in [0.15, 0.2) is 5.79 Å². The van der Waals surface area contributed by atoms with E-state index in [2.05, 4.69) is 12.2 Å². The van der Waals surface area contributed by atoms with Gasteiger partial charge in [-0.25, -0.2) is 0 Å². The molecule has 66 valence electrons. The standard InChI is InChI=1S/C10H14O2/c1-11-10(12-2)8-3-4-9(10)7-5-6(7)8/h3-4,6-9H,5H2,1-2H3/t6-,7+,8+,9-. The zero-order valence-corrected chi connectivity index (χ0v) is 7.49. The van der Waals surface area contributed by atoms with Gasteiger partial charge in [-0.3, -0.25) is 0 Å². The number of ether oxygens (including phenoxy) is 2. The van der Waals surface area contributed by atoms with Crippen molar-refractivity contribution in [3.05, 3.63) is 12.2 Å². The maximum absolute atomic E-state index is 5.55. The largest absolute Gasteiger partial charge is 0.352 e. The lowest BCUT2D eigenvalue weighted by Gasteiger charge is -2.33. The van der Waals surface area contributed by atoms with Crippen LogP contribution in [0.5, 0.6) is 0 Å². The van der Waals surface area contributed by atoms with Crippen molar-refractivity contribution in [2.75, 3.05) is 14.2 Å². The predicted octanol–water partition coefficient (Wildman–Crippen LogP) is 1.43. The molecule has 0 aromatic rings. The molecule has 0 amide bonds. The highest BCUT2D eigenvalue weighted by molar-refractivity contribution is 5.28. The van der Waals surface area contributed by atoms with E-state index in [0.717, 1.165) is 11.8 Å². The molecular weight excluding hydrogens is 152 g/mol. The van der Waals surface area contributed by atoms with Crippen molar-refractivity contribution in [2.45, 2.75) is 12.2 Å². The van der Waals surface area contributed by atoms with Gasteiger partial charge in [-0.05, 0) is 18.3 Å². The SMILES string of the molecule is COC1(OC)[C@@H]2C=C[C@H]1[C@@H]1C[C@@H]12. The molecule has 3 rings (SSSR count). The first-order valence-corrected chi connectivity index (χ1v) is 4.62. The van der Waals surface area contributed by atoms with E-state index in [9.17, 15) is 0 Å². The second-order valence-electron chi connectivity index (χ2n) is 4.13. The van der Waals surface area contributed by atoms with Crippen molar-refractivity contribution in [1.29, 1.82) is 0 Å². The first-order valence-electron chi connectivity index (χ1n) is 4.62. The molecular formula is C10H14O2.